The number of rotatable bonds is 6. The summed E-state index contributed by atoms with van der Waals surface area (Å²) >= 11 is 12.2. The van der Waals surface area contributed by atoms with Crippen molar-refractivity contribution in [2.45, 2.75) is 0 Å². The second kappa shape index (κ2) is 9.40. The predicted molar refractivity (Wildman–Crippen MR) is 124 cm³/mol. The minimum Gasteiger partial charge on any atom is -0.495 e. The molecule has 168 valence electrons. The summed E-state index contributed by atoms with van der Waals surface area (Å²) in [6.45, 7) is -0.471. The van der Waals surface area contributed by atoms with Crippen LogP contribution in [0.2, 0.25) is 10.0 Å². The summed E-state index contributed by atoms with van der Waals surface area (Å²) in [4.78, 5) is 38.2. The van der Waals surface area contributed by atoms with Gasteiger partial charge in [0.05, 0.1) is 17.8 Å². The molecule has 1 aliphatic rings. The lowest BCUT2D eigenvalue weighted by Crippen LogP contribution is -2.38. The Bertz CT molecular complexity index is 1280. The number of hydrogen-bond donors (Lipinski definition) is 2. The molecule has 2 heterocycles. The van der Waals surface area contributed by atoms with Gasteiger partial charge >= 0.3 is 6.03 Å². The number of hydrogen-bond acceptors (Lipinski definition) is 5. The molecular weight excluding hydrogens is 469 g/mol. The Hall–Kier alpha value is -3.75. The van der Waals surface area contributed by atoms with Crippen LogP contribution in [0.4, 0.5) is 10.5 Å². The third kappa shape index (κ3) is 4.87. The van der Waals surface area contributed by atoms with Crippen molar-refractivity contribution in [1.29, 1.82) is 0 Å². The van der Waals surface area contributed by atoms with Gasteiger partial charge in [0.2, 0.25) is 5.91 Å². The Morgan fingerprint density at radius 2 is 1.94 bits per heavy atom. The number of furan rings is 1. The zero-order chi connectivity index (χ0) is 23.5. The minimum absolute atomic E-state index is 0.0248. The van der Waals surface area contributed by atoms with Crippen LogP contribution in [0, 0.1) is 0 Å². The number of benzene rings is 2. The quantitative estimate of drug-likeness (QED) is 0.386. The highest BCUT2D eigenvalue weighted by atomic mass is 35.5. The summed E-state index contributed by atoms with van der Waals surface area (Å²) in [5, 5.41) is 6.02. The highest BCUT2D eigenvalue weighted by Crippen LogP contribution is 2.32. The number of carbonyl (C=O) groups excluding carboxylic acids is 3. The fraction of sp³-hybridized carbons (Fsp3) is 0.0870. The molecule has 0 atom stereocenters. The van der Waals surface area contributed by atoms with Gasteiger partial charge in [0.25, 0.3) is 5.91 Å². The molecule has 0 aliphatic carbocycles. The molecule has 0 bridgehead atoms. The Labute approximate surface area is 198 Å². The lowest BCUT2D eigenvalue weighted by atomic mass is 10.2. The maximum absolute atomic E-state index is 12.7. The number of nitrogens with zero attached hydrogens (tertiary/aromatic N) is 1. The van der Waals surface area contributed by atoms with Gasteiger partial charge in [0.15, 0.2) is 0 Å². The van der Waals surface area contributed by atoms with E-state index >= 15 is 0 Å². The average molecular weight is 486 g/mol. The summed E-state index contributed by atoms with van der Waals surface area (Å²) in [7, 11) is 1.47. The highest BCUT2D eigenvalue weighted by Gasteiger charge is 2.35. The third-order valence-electron chi connectivity index (χ3n) is 4.75. The van der Waals surface area contributed by atoms with Crippen LogP contribution in [-0.4, -0.2) is 36.4 Å². The first-order valence-electron chi connectivity index (χ1n) is 9.68. The van der Waals surface area contributed by atoms with E-state index in [4.69, 9.17) is 32.4 Å². The van der Waals surface area contributed by atoms with Crippen molar-refractivity contribution < 1.29 is 23.5 Å². The van der Waals surface area contributed by atoms with Gasteiger partial charge in [-0.2, -0.15) is 0 Å². The van der Waals surface area contributed by atoms with Crippen LogP contribution in [0.3, 0.4) is 0 Å². The number of para-hydroxylation sites is 2. The second-order valence-electron chi connectivity index (χ2n) is 6.95. The summed E-state index contributed by atoms with van der Waals surface area (Å²) in [6, 6.07) is 14.3. The van der Waals surface area contributed by atoms with Crippen molar-refractivity contribution in [2.24, 2.45) is 0 Å². The third-order valence-corrected chi connectivity index (χ3v) is 5.32. The SMILES string of the molecule is COc1ccccc1NC(=O)CN1C(=O)N/C(=C/c2ccc(-c3cc(Cl)ccc3Cl)o2)C1=O. The van der Waals surface area contributed by atoms with E-state index in [1.165, 1.54) is 13.2 Å². The van der Waals surface area contributed by atoms with Crippen LogP contribution < -0.4 is 15.4 Å². The summed E-state index contributed by atoms with van der Waals surface area (Å²) in [5.74, 6) is -0.00436. The monoisotopic (exact) mass is 485 g/mol. The van der Waals surface area contributed by atoms with Crippen LogP contribution in [0.1, 0.15) is 5.76 Å². The molecule has 4 amide bonds. The van der Waals surface area contributed by atoms with Crippen molar-refractivity contribution in [1.82, 2.24) is 10.2 Å². The molecule has 33 heavy (non-hydrogen) atoms. The number of imide groups is 1. The number of halogens is 2. The number of anilines is 1. The zero-order valence-corrected chi connectivity index (χ0v) is 18.7. The molecule has 3 aromatic rings. The Morgan fingerprint density at radius 3 is 2.73 bits per heavy atom. The molecule has 2 aromatic carbocycles. The lowest BCUT2D eigenvalue weighted by Gasteiger charge is -2.13. The molecule has 1 aromatic heterocycles. The second-order valence-corrected chi connectivity index (χ2v) is 7.80. The van der Waals surface area contributed by atoms with E-state index in [1.807, 2.05) is 0 Å². The maximum Gasteiger partial charge on any atom is 0.329 e. The van der Waals surface area contributed by atoms with Crippen LogP contribution >= 0.6 is 23.2 Å². The number of nitrogens with one attached hydrogen (secondary N) is 2. The van der Waals surface area contributed by atoms with Gasteiger partial charge in [-0.15, -0.1) is 0 Å². The van der Waals surface area contributed by atoms with Gasteiger partial charge < -0.3 is 19.8 Å². The largest absolute Gasteiger partial charge is 0.495 e. The van der Waals surface area contributed by atoms with Gasteiger partial charge in [0.1, 0.15) is 29.5 Å². The molecule has 1 saturated heterocycles. The fourth-order valence-corrected chi connectivity index (χ4v) is 3.58. The van der Waals surface area contributed by atoms with E-state index in [2.05, 4.69) is 10.6 Å². The average Bonchev–Trinajstić information content (AvgIpc) is 3.36. The van der Waals surface area contributed by atoms with Crippen molar-refractivity contribution in [3.63, 3.8) is 0 Å². The van der Waals surface area contributed by atoms with Gasteiger partial charge in [-0.3, -0.25) is 9.59 Å². The van der Waals surface area contributed by atoms with Crippen LogP contribution in [0.5, 0.6) is 5.75 Å². The van der Waals surface area contributed by atoms with Gasteiger partial charge in [0, 0.05) is 16.7 Å². The molecular formula is C23H17Cl2N3O5. The molecule has 1 aliphatic heterocycles. The number of methoxy groups -OCH3 is 1. The van der Waals surface area contributed by atoms with Gasteiger partial charge in [-0.05, 0) is 42.5 Å². The number of amides is 4. The first-order valence-corrected chi connectivity index (χ1v) is 10.4. The molecule has 10 heteroatoms. The fourth-order valence-electron chi connectivity index (χ4n) is 3.20. The number of urea groups is 1. The van der Waals surface area contributed by atoms with E-state index in [0.29, 0.717) is 38.6 Å². The maximum atomic E-state index is 12.7. The molecule has 1 fully saturated rings. The van der Waals surface area contributed by atoms with Gasteiger partial charge in [-0.1, -0.05) is 35.3 Å². The van der Waals surface area contributed by atoms with Crippen molar-refractivity contribution >= 4 is 52.8 Å². The van der Waals surface area contributed by atoms with Crippen LogP contribution in [-0.2, 0) is 9.59 Å². The standard InChI is InChI=1S/C23H17Cl2N3O5/c1-32-20-5-3-2-4-17(20)26-21(29)12-28-22(30)18(27-23(28)31)11-14-7-9-19(33-14)15-10-13(24)6-8-16(15)25/h2-11H,12H2,1H3,(H,26,29)(H,27,31)/b18-11+. The number of ether oxygens (including phenoxy) is 1. The topological polar surface area (TPSA) is 101 Å². The zero-order valence-electron chi connectivity index (χ0n) is 17.2. The van der Waals surface area contributed by atoms with Crippen molar-refractivity contribution in [3.8, 4) is 17.1 Å². The van der Waals surface area contributed by atoms with E-state index in [9.17, 15) is 14.4 Å². The van der Waals surface area contributed by atoms with Crippen molar-refractivity contribution in [3.05, 3.63) is 76.1 Å². The normalized spacial score (nSPS) is 14.5. The molecule has 0 radical (unpaired) electrons. The summed E-state index contributed by atoms with van der Waals surface area (Å²) in [6.07, 6.45) is 1.38. The predicted octanol–water partition coefficient (Wildman–Crippen LogP) is 4.79. The smallest absolute Gasteiger partial charge is 0.329 e. The van der Waals surface area contributed by atoms with E-state index in [0.717, 1.165) is 4.90 Å². The molecule has 0 saturated carbocycles. The molecule has 0 unspecified atom stereocenters. The lowest BCUT2D eigenvalue weighted by molar-refractivity contribution is -0.127. The summed E-state index contributed by atoms with van der Waals surface area (Å²) in [5.41, 5.74) is 0.990. The highest BCUT2D eigenvalue weighted by molar-refractivity contribution is 6.35. The van der Waals surface area contributed by atoms with Gasteiger partial charge in [-0.25, -0.2) is 9.69 Å². The molecule has 0 spiro atoms. The van der Waals surface area contributed by atoms with Crippen LogP contribution in [0.25, 0.3) is 17.4 Å². The van der Waals surface area contributed by atoms with Crippen LogP contribution in [0.15, 0.2) is 64.7 Å². The first-order chi connectivity index (χ1) is 15.9. The Balaban J connectivity index is 1.47. The first kappa shape index (κ1) is 22.4. The minimum atomic E-state index is -0.717. The Morgan fingerprint density at radius 1 is 1.15 bits per heavy atom. The molecule has 8 nitrogen and oxygen atoms in total. The van der Waals surface area contributed by atoms with E-state index < -0.39 is 24.4 Å². The van der Waals surface area contributed by atoms with E-state index in [1.54, 1.807) is 54.6 Å². The Kier molecular flexibility index (Phi) is 6.39. The van der Waals surface area contributed by atoms with Crippen molar-refractivity contribution in [2.75, 3.05) is 19.0 Å². The van der Waals surface area contributed by atoms with E-state index in [-0.39, 0.29) is 5.70 Å². The molecule has 4 rings (SSSR count). The number of carbonyl (C=O) groups is 3. The molecule has 2 N–H and O–H groups in total. The summed E-state index contributed by atoms with van der Waals surface area (Å²) < 4.78 is 10.9.